The largest absolute Gasteiger partial charge is 0.490 e. The van der Waals surface area contributed by atoms with Crippen LogP contribution in [0, 0.1) is 6.92 Å². The van der Waals surface area contributed by atoms with E-state index in [1.165, 1.54) is 11.1 Å². The summed E-state index contributed by atoms with van der Waals surface area (Å²) in [5.74, 6) is 1.42. The van der Waals surface area contributed by atoms with Crippen molar-refractivity contribution in [2.24, 2.45) is 0 Å². The Hall–Kier alpha value is -1.39. The Bertz CT molecular complexity index is 587. The molecule has 0 fully saturated rings. The zero-order chi connectivity index (χ0) is 17.2. The fraction of sp³-hybridized carbons (Fsp3) is 0.421. The van der Waals surface area contributed by atoms with Crippen molar-refractivity contribution >= 4 is 15.9 Å². The molecule has 1 N–H and O–H groups in total. The van der Waals surface area contributed by atoms with Crippen molar-refractivity contribution in [3.05, 3.63) is 57.8 Å². The number of halogens is 1. The first-order chi connectivity index (χ1) is 11.1. The topological polar surface area (TPSA) is 34.2 Å². The number of benzene rings is 1. The lowest BCUT2D eigenvalue weighted by atomic mass is 10.0. The number of fused-ring (bicyclic) bond motifs is 1. The number of rotatable bonds is 2. The predicted octanol–water partition coefficient (Wildman–Crippen LogP) is 5.08. The molecule has 1 aromatic carbocycles. The Balaban J connectivity index is 0.000000215. The molecule has 1 aromatic heterocycles. The minimum atomic E-state index is 0.498. The molecule has 0 amide bonds. The molecule has 0 radical (unpaired) electrons. The number of aromatic nitrogens is 1. The highest BCUT2D eigenvalue weighted by molar-refractivity contribution is 9.10. The predicted molar refractivity (Wildman–Crippen MR) is 101 cm³/mol. The second-order valence-electron chi connectivity index (χ2n) is 5.20. The highest BCUT2D eigenvalue weighted by Crippen LogP contribution is 2.38. The van der Waals surface area contributed by atoms with Gasteiger partial charge in [0.2, 0.25) is 0 Å². The van der Waals surface area contributed by atoms with Crippen LogP contribution in [0.4, 0.5) is 0 Å². The maximum atomic E-state index is 5.49. The van der Waals surface area contributed by atoms with E-state index in [-0.39, 0.29) is 0 Å². The minimum absolute atomic E-state index is 0.498. The van der Waals surface area contributed by atoms with Gasteiger partial charge in [0.15, 0.2) is 5.75 Å². The first kappa shape index (κ1) is 19.7. The summed E-state index contributed by atoms with van der Waals surface area (Å²) in [4.78, 5) is 4.27. The maximum Gasteiger partial charge on any atom is 0.155 e. The third-order valence-corrected chi connectivity index (χ3v) is 3.86. The summed E-state index contributed by atoms with van der Waals surface area (Å²) in [5, 5.41) is 3.08. The van der Waals surface area contributed by atoms with E-state index in [2.05, 4.69) is 51.4 Å². The number of hydrogen-bond donors (Lipinski definition) is 1. The third-order valence-electron chi connectivity index (χ3n) is 3.32. The molecular weight excluding hydrogens is 352 g/mol. The molecule has 1 aliphatic heterocycles. The van der Waals surface area contributed by atoms with Crippen LogP contribution in [-0.2, 0) is 6.54 Å². The second-order valence-corrected chi connectivity index (χ2v) is 5.95. The van der Waals surface area contributed by atoms with Crippen molar-refractivity contribution in [2.45, 2.75) is 40.2 Å². The number of nitrogens with one attached hydrogen (secondary N) is 1. The molecule has 2 aromatic rings. The molecule has 0 bridgehead atoms. The zero-order valence-electron chi connectivity index (χ0n) is 14.7. The van der Waals surface area contributed by atoms with E-state index in [4.69, 9.17) is 4.74 Å². The van der Waals surface area contributed by atoms with Crippen LogP contribution in [-0.4, -0.2) is 18.6 Å². The van der Waals surface area contributed by atoms with E-state index >= 15 is 0 Å². The van der Waals surface area contributed by atoms with Crippen LogP contribution in [0.3, 0.4) is 0 Å². The number of hydrogen-bond acceptors (Lipinski definition) is 3. The van der Waals surface area contributed by atoms with Gasteiger partial charge in [-0.05, 0) is 41.5 Å². The van der Waals surface area contributed by atoms with Crippen molar-refractivity contribution in [1.82, 2.24) is 10.3 Å². The molecule has 0 saturated carbocycles. The zero-order valence-corrected chi connectivity index (χ0v) is 16.3. The van der Waals surface area contributed by atoms with Crippen LogP contribution < -0.4 is 10.1 Å². The molecule has 23 heavy (non-hydrogen) atoms. The summed E-state index contributed by atoms with van der Waals surface area (Å²) >= 11 is 3.39. The van der Waals surface area contributed by atoms with Crippen LogP contribution in [0.15, 0.2) is 41.0 Å². The van der Waals surface area contributed by atoms with Crippen LogP contribution >= 0.6 is 15.9 Å². The molecule has 0 spiro atoms. The highest BCUT2D eigenvalue weighted by Gasteiger charge is 2.23. The summed E-state index contributed by atoms with van der Waals surface area (Å²) < 4.78 is 6.32. The van der Waals surface area contributed by atoms with Gasteiger partial charge in [-0.3, -0.25) is 0 Å². The summed E-state index contributed by atoms with van der Waals surface area (Å²) in [5.41, 5.74) is 3.65. The highest BCUT2D eigenvalue weighted by atomic mass is 79.9. The molecule has 0 saturated heterocycles. The molecule has 1 aliphatic rings. The smallest absolute Gasteiger partial charge is 0.155 e. The van der Waals surface area contributed by atoms with Gasteiger partial charge >= 0.3 is 0 Å². The lowest BCUT2D eigenvalue weighted by Gasteiger charge is -2.03. The van der Waals surface area contributed by atoms with E-state index in [1.807, 2.05) is 46.0 Å². The average Bonchev–Trinajstić information content (AvgIpc) is 2.93. The average molecular weight is 379 g/mol. The fourth-order valence-electron chi connectivity index (χ4n) is 2.25. The first-order valence-electron chi connectivity index (χ1n) is 8.10. The number of pyridine rings is 1. The first-order valence-corrected chi connectivity index (χ1v) is 8.89. The summed E-state index contributed by atoms with van der Waals surface area (Å²) in [6, 6.07) is 12.4. The SMILES string of the molecule is CC.CNCc1ccccc1.Cc1cc2c(c(Br)n1)OCC2C. The van der Waals surface area contributed by atoms with Crippen LogP contribution in [0.1, 0.15) is 43.5 Å². The van der Waals surface area contributed by atoms with Gasteiger partial charge in [0.25, 0.3) is 0 Å². The molecule has 2 heterocycles. The van der Waals surface area contributed by atoms with Crippen LogP contribution in [0.2, 0.25) is 0 Å². The van der Waals surface area contributed by atoms with Gasteiger partial charge in [-0.25, -0.2) is 4.98 Å². The Morgan fingerprint density at radius 3 is 2.52 bits per heavy atom. The normalized spacial score (nSPS) is 14.6. The van der Waals surface area contributed by atoms with Gasteiger partial charge in [0.1, 0.15) is 4.60 Å². The summed E-state index contributed by atoms with van der Waals surface area (Å²) in [6.45, 7) is 9.90. The van der Waals surface area contributed by atoms with Gasteiger partial charge in [0.05, 0.1) is 6.61 Å². The standard InChI is InChI=1S/C9H10BrNO.C8H11N.C2H6/c1-5-4-12-8-7(5)3-6(2)11-9(8)10;1-9-7-8-5-3-2-4-6-8;1-2/h3,5H,4H2,1-2H3;2-6,9H,7H2,1H3;1-2H3. The number of nitrogens with zero attached hydrogens (tertiary/aromatic N) is 1. The van der Waals surface area contributed by atoms with Crippen LogP contribution in [0.25, 0.3) is 0 Å². The van der Waals surface area contributed by atoms with E-state index in [0.717, 1.165) is 29.2 Å². The summed E-state index contributed by atoms with van der Waals surface area (Å²) in [6.07, 6.45) is 0. The van der Waals surface area contributed by atoms with E-state index in [9.17, 15) is 0 Å². The Labute approximate surface area is 148 Å². The van der Waals surface area contributed by atoms with Gasteiger partial charge in [0, 0.05) is 23.7 Å². The summed E-state index contributed by atoms with van der Waals surface area (Å²) in [7, 11) is 1.95. The van der Waals surface area contributed by atoms with Gasteiger partial charge < -0.3 is 10.1 Å². The number of aryl methyl sites for hydroxylation is 1. The minimum Gasteiger partial charge on any atom is -0.490 e. The maximum absolute atomic E-state index is 5.49. The molecule has 4 heteroatoms. The van der Waals surface area contributed by atoms with Crippen molar-refractivity contribution in [3.63, 3.8) is 0 Å². The number of ether oxygens (including phenoxy) is 1. The Kier molecular flexibility index (Phi) is 8.89. The Morgan fingerprint density at radius 2 is 1.91 bits per heavy atom. The lowest BCUT2D eigenvalue weighted by molar-refractivity contribution is 0.334. The van der Waals surface area contributed by atoms with E-state index in [0.29, 0.717) is 5.92 Å². The second kappa shape index (κ2) is 10.4. The van der Waals surface area contributed by atoms with Crippen molar-refractivity contribution < 1.29 is 4.74 Å². The van der Waals surface area contributed by atoms with Crippen molar-refractivity contribution in [2.75, 3.05) is 13.7 Å². The molecule has 3 nitrogen and oxygen atoms in total. The molecular formula is C19H27BrN2O. The van der Waals surface area contributed by atoms with Gasteiger partial charge in [-0.1, -0.05) is 51.1 Å². The molecule has 0 aliphatic carbocycles. The van der Waals surface area contributed by atoms with Gasteiger partial charge in [-0.2, -0.15) is 0 Å². The lowest BCUT2D eigenvalue weighted by Crippen LogP contribution is -2.04. The Morgan fingerprint density at radius 1 is 1.26 bits per heavy atom. The molecule has 126 valence electrons. The van der Waals surface area contributed by atoms with Crippen LogP contribution in [0.5, 0.6) is 5.75 Å². The monoisotopic (exact) mass is 378 g/mol. The van der Waals surface area contributed by atoms with Gasteiger partial charge in [-0.15, -0.1) is 0 Å². The molecule has 1 atom stereocenters. The van der Waals surface area contributed by atoms with E-state index in [1.54, 1.807) is 0 Å². The third kappa shape index (κ3) is 5.96. The fourth-order valence-corrected chi connectivity index (χ4v) is 2.88. The molecule has 1 unspecified atom stereocenters. The molecule has 3 rings (SSSR count). The van der Waals surface area contributed by atoms with Crippen molar-refractivity contribution in [3.8, 4) is 5.75 Å². The quantitative estimate of drug-likeness (QED) is 0.739. The van der Waals surface area contributed by atoms with Crippen molar-refractivity contribution in [1.29, 1.82) is 0 Å². The van der Waals surface area contributed by atoms with E-state index < -0.39 is 0 Å².